The normalized spacial score (nSPS) is 13.9. The molecule has 0 unspecified atom stereocenters. The van der Waals surface area contributed by atoms with E-state index in [1.54, 1.807) is 28.8 Å². The number of nitrogens with zero attached hydrogens (tertiary/aromatic N) is 1. The molecule has 3 rings (SSSR count). The van der Waals surface area contributed by atoms with Gasteiger partial charge in [0.25, 0.3) is 5.91 Å². The van der Waals surface area contributed by atoms with Crippen LogP contribution in [0.15, 0.2) is 48.5 Å². The minimum atomic E-state index is -0.106. The Hall–Kier alpha value is -1.98. The average Bonchev–Trinajstić information content (AvgIpc) is 3.09. The lowest BCUT2D eigenvalue weighted by Crippen LogP contribution is -2.27. The Labute approximate surface area is 162 Å². The fraction of sp³-hybridized carbons (Fsp3) is 0.300. The summed E-state index contributed by atoms with van der Waals surface area (Å²) in [5.41, 5.74) is 2.61. The topological polar surface area (TPSA) is 49.4 Å². The van der Waals surface area contributed by atoms with Crippen molar-refractivity contribution in [2.75, 3.05) is 23.7 Å². The maximum Gasteiger partial charge on any atom is 0.251 e. The van der Waals surface area contributed by atoms with Gasteiger partial charge in [-0.2, -0.15) is 11.8 Å². The molecule has 1 aliphatic heterocycles. The van der Waals surface area contributed by atoms with Crippen molar-refractivity contribution in [2.45, 2.75) is 18.6 Å². The largest absolute Gasteiger partial charge is 0.351 e. The zero-order valence-corrected chi connectivity index (χ0v) is 16.0. The van der Waals surface area contributed by atoms with Gasteiger partial charge in [0.2, 0.25) is 5.91 Å². The number of amides is 2. The Kier molecular flexibility index (Phi) is 6.58. The first-order valence-corrected chi connectivity index (χ1v) is 10.2. The molecule has 0 aromatic heterocycles. The van der Waals surface area contributed by atoms with E-state index < -0.39 is 0 Å². The van der Waals surface area contributed by atoms with E-state index in [4.69, 9.17) is 11.6 Å². The van der Waals surface area contributed by atoms with E-state index in [9.17, 15) is 9.59 Å². The number of nitrogens with one attached hydrogen (secondary N) is 1. The highest BCUT2D eigenvalue weighted by molar-refractivity contribution is 7.98. The first kappa shape index (κ1) is 18.8. The van der Waals surface area contributed by atoms with Gasteiger partial charge in [-0.25, -0.2) is 0 Å². The molecule has 0 bridgehead atoms. The second-order valence-electron chi connectivity index (χ2n) is 6.13. The first-order valence-electron chi connectivity index (χ1n) is 8.64. The molecule has 0 radical (unpaired) electrons. The minimum Gasteiger partial charge on any atom is -0.351 e. The summed E-state index contributed by atoms with van der Waals surface area (Å²) < 4.78 is 0. The monoisotopic (exact) mass is 388 g/mol. The van der Waals surface area contributed by atoms with Gasteiger partial charge in [-0.05, 0) is 42.3 Å². The van der Waals surface area contributed by atoms with Crippen LogP contribution in [-0.2, 0) is 10.5 Å². The average molecular weight is 389 g/mol. The summed E-state index contributed by atoms with van der Waals surface area (Å²) in [4.78, 5) is 25.9. The van der Waals surface area contributed by atoms with Crippen LogP contribution in [0.5, 0.6) is 0 Å². The van der Waals surface area contributed by atoms with Crippen molar-refractivity contribution in [2.24, 2.45) is 0 Å². The fourth-order valence-electron chi connectivity index (χ4n) is 2.85. The Bertz CT molecular complexity index is 780. The minimum absolute atomic E-state index is 0.106. The highest BCUT2D eigenvalue weighted by Gasteiger charge is 2.22. The molecule has 26 heavy (non-hydrogen) atoms. The van der Waals surface area contributed by atoms with Crippen molar-refractivity contribution in [3.8, 4) is 0 Å². The lowest BCUT2D eigenvalue weighted by atomic mass is 10.1. The summed E-state index contributed by atoms with van der Waals surface area (Å²) in [6, 6.07) is 15.1. The molecule has 1 N–H and O–H groups in total. The van der Waals surface area contributed by atoms with Gasteiger partial charge in [0.15, 0.2) is 0 Å². The third kappa shape index (κ3) is 5.02. The number of carbonyl (C=O) groups excluding carboxylic acids is 2. The predicted molar refractivity (Wildman–Crippen MR) is 108 cm³/mol. The Morgan fingerprint density at radius 2 is 2.00 bits per heavy atom. The number of carbonyl (C=O) groups is 2. The molecule has 136 valence electrons. The van der Waals surface area contributed by atoms with Gasteiger partial charge in [-0.3, -0.25) is 9.59 Å². The number of benzene rings is 2. The van der Waals surface area contributed by atoms with E-state index in [1.807, 2.05) is 36.4 Å². The standard InChI is InChI=1S/C20H21ClN2O2S/c21-17-8-6-15(7-9-17)14-26-12-10-22-20(25)16-3-1-4-18(13-16)23-11-2-5-19(23)24/h1,3-4,6-9,13H,2,5,10-12,14H2,(H,22,25). The second-order valence-corrected chi connectivity index (χ2v) is 7.68. The van der Waals surface area contributed by atoms with Gasteiger partial charge in [0, 0.05) is 47.3 Å². The molecular formula is C20H21ClN2O2S. The van der Waals surface area contributed by atoms with Crippen LogP contribution in [0.3, 0.4) is 0 Å². The lowest BCUT2D eigenvalue weighted by Gasteiger charge is -2.16. The van der Waals surface area contributed by atoms with Gasteiger partial charge < -0.3 is 10.2 Å². The van der Waals surface area contributed by atoms with Crippen LogP contribution >= 0.6 is 23.4 Å². The summed E-state index contributed by atoms with van der Waals surface area (Å²) in [5, 5.41) is 3.68. The number of rotatable bonds is 7. The van der Waals surface area contributed by atoms with Crippen molar-refractivity contribution in [1.82, 2.24) is 5.32 Å². The molecule has 2 aromatic carbocycles. The lowest BCUT2D eigenvalue weighted by molar-refractivity contribution is -0.117. The number of halogens is 1. The van der Waals surface area contributed by atoms with Crippen molar-refractivity contribution in [3.05, 3.63) is 64.7 Å². The molecule has 0 atom stereocenters. The molecule has 0 saturated carbocycles. The molecule has 1 heterocycles. The van der Waals surface area contributed by atoms with Crippen LogP contribution in [0, 0.1) is 0 Å². The zero-order chi connectivity index (χ0) is 18.4. The summed E-state index contributed by atoms with van der Waals surface area (Å²) in [7, 11) is 0. The van der Waals surface area contributed by atoms with Crippen LogP contribution < -0.4 is 10.2 Å². The van der Waals surface area contributed by atoms with Crippen molar-refractivity contribution in [3.63, 3.8) is 0 Å². The van der Waals surface area contributed by atoms with E-state index in [-0.39, 0.29) is 11.8 Å². The summed E-state index contributed by atoms with van der Waals surface area (Å²) >= 11 is 7.64. The number of anilines is 1. The van der Waals surface area contributed by atoms with Crippen LogP contribution in [-0.4, -0.2) is 30.7 Å². The number of thioether (sulfide) groups is 1. The van der Waals surface area contributed by atoms with Crippen LogP contribution in [0.2, 0.25) is 5.02 Å². The molecule has 1 saturated heterocycles. The molecule has 1 fully saturated rings. The third-order valence-corrected chi connectivity index (χ3v) is 5.49. The van der Waals surface area contributed by atoms with Crippen molar-refractivity contribution < 1.29 is 9.59 Å². The van der Waals surface area contributed by atoms with Gasteiger partial charge >= 0.3 is 0 Å². The fourth-order valence-corrected chi connectivity index (χ4v) is 3.79. The molecule has 6 heteroatoms. The molecule has 4 nitrogen and oxygen atoms in total. The third-order valence-electron chi connectivity index (χ3n) is 4.21. The quantitative estimate of drug-likeness (QED) is 0.725. The van der Waals surface area contributed by atoms with Gasteiger partial charge in [-0.1, -0.05) is 29.8 Å². The van der Waals surface area contributed by atoms with E-state index in [0.717, 1.165) is 35.2 Å². The highest BCUT2D eigenvalue weighted by Crippen LogP contribution is 2.22. The Balaban J connectivity index is 1.44. The van der Waals surface area contributed by atoms with Gasteiger partial charge in [0.05, 0.1) is 0 Å². The maximum absolute atomic E-state index is 12.3. The van der Waals surface area contributed by atoms with E-state index >= 15 is 0 Å². The predicted octanol–water partition coefficient (Wildman–Crippen LogP) is 4.13. The van der Waals surface area contributed by atoms with E-state index in [0.29, 0.717) is 18.5 Å². The van der Waals surface area contributed by atoms with Crippen molar-refractivity contribution in [1.29, 1.82) is 0 Å². The Morgan fingerprint density at radius 1 is 1.19 bits per heavy atom. The number of hydrogen-bond donors (Lipinski definition) is 1. The van der Waals surface area contributed by atoms with Crippen LogP contribution in [0.1, 0.15) is 28.8 Å². The van der Waals surface area contributed by atoms with E-state index in [1.165, 1.54) is 5.56 Å². The van der Waals surface area contributed by atoms with Gasteiger partial charge in [0.1, 0.15) is 0 Å². The molecule has 1 aliphatic rings. The summed E-state index contributed by atoms with van der Waals surface area (Å²) in [5.74, 6) is 1.74. The second kappa shape index (κ2) is 9.10. The Morgan fingerprint density at radius 3 is 2.73 bits per heavy atom. The molecule has 2 amide bonds. The number of hydrogen-bond acceptors (Lipinski definition) is 3. The molecule has 0 aliphatic carbocycles. The van der Waals surface area contributed by atoms with E-state index in [2.05, 4.69) is 5.32 Å². The molecule has 0 spiro atoms. The molecule has 2 aromatic rings. The SMILES string of the molecule is O=C(NCCSCc1ccc(Cl)cc1)c1cccc(N2CCCC2=O)c1. The molecular weight excluding hydrogens is 368 g/mol. The van der Waals surface area contributed by atoms with Crippen molar-refractivity contribution >= 4 is 40.9 Å². The zero-order valence-electron chi connectivity index (χ0n) is 14.4. The first-order chi connectivity index (χ1) is 12.6. The highest BCUT2D eigenvalue weighted by atomic mass is 35.5. The van der Waals surface area contributed by atoms with Crippen LogP contribution in [0.25, 0.3) is 0 Å². The summed E-state index contributed by atoms with van der Waals surface area (Å²) in [6.45, 7) is 1.33. The van der Waals surface area contributed by atoms with Gasteiger partial charge in [-0.15, -0.1) is 0 Å². The van der Waals surface area contributed by atoms with Crippen LogP contribution in [0.4, 0.5) is 5.69 Å². The smallest absolute Gasteiger partial charge is 0.251 e. The summed E-state index contributed by atoms with van der Waals surface area (Å²) in [6.07, 6.45) is 1.46. The maximum atomic E-state index is 12.3.